The summed E-state index contributed by atoms with van der Waals surface area (Å²) in [7, 11) is 0. The number of amidine groups is 1. The van der Waals surface area contributed by atoms with Crippen LogP contribution in [0, 0.1) is 5.82 Å². The number of piperidine rings is 1. The summed E-state index contributed by atoms with van der Waals surface area (Å²) < 4.78 is 60.5. The largest absolute Gasteiger partial charge is 0.493 e. The van der Waals surface area contributed by atoms with Crippen molar-refractivity contribution in [2.75, 3.05) is 19.7 Å². The fourth-order valence-electron chi connectivity index (χ4n) is 5.14. The number of aliphatic imine (C=N–C) groups is 1. The van der Waals surface area contributed by atoms with E-state index < -0.39 is 29.6 Å². The van der Waals surface area contributed by atoms with Crippen molar-refractivity contribution in [1.82, 2.24) is 9.80 Å². The Morgan fingerprint density at radius 2 is 1.80 bits per heavy atom. The molecule has 0 radical (unpaired) electrons. The number of hydrogen-bond donors (Lipinski definition) is 0. The van der Waals surface area contributed by atoms with Gasteiger partial charge in [0.15, 0.2) is 0 Å². The zero-order valence-corrected chi connectivity index (χ0v) is 23.7. The van der Waals surface area contributed by atoms with Gasteiger partial charge in [-0.15, -0.1) is 0 Å². The molecule has 41 heavy (non-hydrogen) atoms. The Kier molecular flexibility index (Phi) is 9.58. The maximum absolute atomic E-state index is 14.3. The predicted molar refractivity (Wildman–Crippen MR) is 153 cm³/mol. The number of carbonyl (C=O) groups excluding carboxylic acids is 1. The molecule has 0 saturated carbocycles. The maximum Gasteiger partial charge on any atom is 0.416 e. The van der Waals surface area contributed by atoms with Crippen LogP contribution in [0.2, 0.25) is 0 Å². The van der Waals surface area contributed by atoms with Crippen LogP contribution in [0.1, 0.15) is 55.8 Å². The molecule has 0 spiro atoms. The molecule has 0 aliphatic carbocycles. The van der Waals surface area contributed by atoms with Crippen molar-refractivity contribution in [3.63, 3.8) is 0 Å². The van der Waals surface area contributed by atoms with Gasteiger partial charge in [0.1, 0.15) is 23.4 Å². The zero-order valence-electron chi connectivity index (χ0n) is 22.9. The smallest absolute Gasteiger partial charge is 0.416 e. The summed E-state index contributed by atoms with van der Waals surface area (Å²) >= 11 is 6.03. The van der Waals surface area contributed by atoms with E-state index in [4.69, 9.17) is 21.3 Å². The summed E-state index contributed by atoms with van der Waals surface area (Å²) in [5.41, 5.74) is 0.683. The van der Waals surface area contributed by atoms with E-state index in [1.807, 2.05) is 13.0 Å². The van der Waals surface area contributed by atoms with Gasteiger partial charge in [0.05, 0.1) is 23.8 Å². The van der Waals surface area contributed by atoms with Crippen LogP contribution in [0.25, 0.3) is 0 Å². The zero-order chi connectivity index (χ0) is 29.7. The highest BCUT2D eigenvalue weighted by Gasteiger charge is 2.45. The van der Waals surface area contributed by atoms with Gasteiger partial charge in [-0.3, -0.25) is 9.89 Å². The van der Waals surface area contributed by atoms with E-state index in [-0.39, 0.29) is 34.8 Å². The van der Waals surface area contributed by atoms with Crippen LogP contribution in [-0.2, 0) is 6.18 Å². The number of halogens is 5. The van der Waals surface area contributed by atoms with Crippen molar-refractivity contribution in [2.24, 2.45) is 4.99 Å². The van der Waals surface area contributed by atoms with Crippen LogP contribution in [0.4, 0.5) is 22.4 Å². The highest BCUT2D eigenvalue weighted by molar-refractivity contribution is 6.30. The van der Waals surface area contributed by atoms with Gasteiger partial charge in [0.25, 0.3) is 0 Å². The molecule has 4 rings (SSSR count). The quantitative estimate of drug-likeness (QED) is 0.241. The number of nitrogens with zero attached hydrogens (tertiary/aromatic N) is 3. The topological polar surface area (TPSA) is 45.1 Å². The molecule has 2 aliphatic rings. The molecule has 0 aromatic heterocycles. The second kappa shape index (κ2) is 12.9. The molecule has 2 unspecified atom stereocenters. The summed E-state index contributed by atoms with van der Waals surface area (Å²) in [6.07, 6.45) is 3.25. The maximum atomic E-state index is 14.3. The molecule has 10 heteroatoms. The number of amides is 2. The second-order valence-corrected chi connectivity index (χ2v) is 10.3. The number of carbonyl (C=O) groups is 1. The standard InChI is InChI=1S/C31H32ClF4N3O2/c1-4-21(10-9-20(3)32)28-27(22-11-14-24(33)15-12-22)37-29(39(28)30(40)38-17-7-6-8-18-38)25-16-13-23(31(34,35)36)19-26(25)41-5-2/h4,9-16,19,27-28H,3,5-8,17-18H2,1-2H3/b10-9-,21-4+. The van der Waals surface area contributed by atoms with E-state index >= 15 is 0 Å². The van der Waals surface area contributed by atoms with Gasteiger partial charge in [0.2, 0.25) is 0 Å². The van der Waals surface area contributed by atoms with Crippen molar-refractivity contribution < 1.29 is 27.1 Å². The third kappa shape index (κ3) is 6.84. The molecule has 2 heterocycles. The number of likely N-dealkylation sites (tertiary alicyclic amines) is 1. The van der Waals surface area contributed by atoms with Crippen molar-refractivity contribution in [1.29, 1.82) is 0 Å². The SMILES string of the molecule is C=C(Cl)/C=C\C(=C/C)C1C(c2ccc(F)cc2)N=C(c2ccc(C(F)(F)F)cc2OCC)N1C(=O)N1CCCCC1. The first-order valence-electron chi connectivity index (χ1n) is 13.5. The lowest BCUT2D eigenvalue weighted by Crippen LogP contribution is -2.51. The summed E-state index contributed by atoms with van der Waals surface area (Å²) in [5, 5.41) is 0.275. The van der Waals surface area contributed by atoms with Gasteiger partial charge >= 0.3 is 12.2 Å². The van der Waals surface area contributed by atoms with Crippen LogP contribution in [0.3, 0.4) is 0 Å². The highest BCUT2D eigenvalue weighted by atomic mass is 35.5. The van der Waals surface area contributed by atoms with Crippen LogP contribution >= 0.6 is 11.6 Å². The monoisotopic (exact) mass is 589 g/mol. The number of allylic oxidation sites excluding steroid dienone is 3. The third-order valence-corrected chi connectivity index (χ3v) is 7.22. The minimum absolute atomic E-state index is 0.0391. The molecule has 2 atom stereocenters. The van der Waals surface area contributed by atoms with Crippen LogP contribution < -0.4 is 4.74 Å². The molecule has 1 fully saturated rings. The van der Waals surface area contributed by atoms with Crippen molar-refractivity contribution in [3.05, 3.63) is 100 Å². The number of urea groups is 1. The van der Waals surface area contributed by atoms with Gasteiger partial charge in [-0.05, 0) is 80.7 Å². The lowest BCUT2D eigenvalue weighted by Gasteiger charge is -2.36. The predicted octanol–water partition coefficient (Wildman–Crippen LogP) is 8.28. The Morgan fingerprint density at radius 1 is 1.12 bits per heavy atom. The fourth-order valence-corrected chi connectivity index (χ4v) is 5.21. The summed E-state index contributed by atoms with van der Waals surface area (Å²) in [4.78, 5) is 22.5. The van der Waals surface area contributed by atoms with Gasteiger partial charge in [-0.2, -0.15) is 13.2 Å². The summed E-state index contributed by atoms with van der Waals surface area (Å²) in [6.45, 7) is 8.38. The molecule has 0 bridgehead atoms. The first-order chi connectivity index (χ1) is 19.5. The van der Waals surface area contributed by atoms with Crippen molar-refractivity contribution >= 4 is 23.5 Å². The first-order valence-corrected chi connectivity index (χ1v) is 13.9. The fraction of sp³-hybridized carbons (Fsp3) is 0.355. The minimum Gasteiger partial charge on any atom is -0.493 e. The Bertz CT molecular complexity index is 1360. The molecular formula is C31H32ClF4N3O2. The van der Waals surface area contributed by atoms with E-state index in [0.29, 0.717) is 24.2 Å². The van der Waals surface area contributed by atoms with Gasteiger partial charge in [-0.1, -0.05) is 42.5 Å². The third-order valence-electron chi connectivity index (χ3n) is 7.09. The summed E-state index contributed by atoms with van der Waals surface area (Å²) in [6, 6.07) is 7.26. The molecule has 2 aromatic rings. The van der Waals surface area contributed by atoms with Gasteiger partial charge < -0.3 is 9.64 Å². The van der Waals surface area contributed by atoms with Crippen LogP contribution in [-0.4, -0.2) is 47.4 Å². The molecular weight excluding hydrogens is 558 g/mol. The van der Waals surface area contributed by atoms with Crippen molar-refractivity contribution in [3.8, 4) is 5.75 Å². The number of benzene rings is 2. The lowest BCUT2D eigenvalue weighted by molar-refractivity contribution is -0.137. The van der Waals surface area contributed by atoms with E-state index in [0.717, 1.165) is 31.4 Å². The number of hydrogen-bond acceptors (Lipinski definition) is 3. The number of rotatable bonds is 7. The van der Waals surface area contributed by atoms with Crippen LogP contribution in [0.15, 0.2) is 82.9 Å². The molecule has 5 nitrogen and oxygen atoms in total. The van der Waals surface area contributed by atoms with Crippen LogP contribution in [0.5, 0.6) is 5.75 Å². The Balaban J connectivity index is 1.95. The molecule has 2 aromatic carbocycles. The molecule has 2 amide bonds. The Labute approximate surface area is 242 Å². The molecule has 0 N–H and O–H groups in total. The average molecular weight is 590 g/mol. The minimum atomic E-state index is -4.59. The lowest BCUT2D eigenvalue weighted by atomic mass is 9.92. The molecule has 218 valence electrons. The first kappa shape index (κ1) is 30.4. The van der Waals surface area contributed by atoms with Gasteiger partial charge in [0, 0.05) is 18.1 Å². The summed E-state index contributed by atoms with van der Waals surface area (Å²) in [5.74, 6) is -0.294. The van der Waals surface area contributed by atoms with Crippen molar-refractivity contribution in [2.45, 2.75) is 51.4 Å². The number of ether oxygens (including phenoxy) is 1. The number of alkyl halides is 3. The Morgan fingerprint density at radius 3 is 2.39 bits per heavy atom. The van der Waals surface area contributed by atoms with E-state index in [9.17, 15) is 22.4 Å². The van der Waals surface area contributed by atoms with E-state index in [1.54, 1.807) is 36.1 Å². The average Bonchev–Trinajstić information content (AvgIpc) is 3.33. The van der Waals surface area contributed by atoms with E-state index in [1.165, 1.54) is 23.1 Å². The second-order valence-electron chi connectivity index (χ2n) is 9.80. The van der Waals surface area contributed by atoms with Gasteiger partial charge in [-0.25, -0.2) is 9.18 Å². The highest BCUT2D eigenvalue weighted by Crippen LogP contribution is 2.41. The molecule has 2 aliphatic heterocycles. The molecule has 1 saturated heterocycles. The van der Waals surface area contributed by atoms with E-state index in [2.05, 4.69) is 6.58 Å². The normalized spacial score (nSPS) is 20.0. The Hall–Kier alpha value is -3.59.